The predicted molar refractivity (Wildman–Crippen MR) is 92.3 cm³/mol. The number of hydrogen-bond acceptors (Lipinski definition) is 6. The van der Waals surface area contributed by atoms with E-state index in [0.29, 0.717) is 47.9 Å². The van der Waals surface area contributed by atoms with Gasteiger partial charge in [-0.05, 0) is 39.0 Å². The van der Waals surface area contributed by atoms with Crippen LogP contribution in [0.2, 0.25) is 0 Å². The van der Waals surface area contributed by atoms with E-state index < -0.39 is 5.92 Å². The van der Waals surface area contributed by atoms with E-state index in [0.717, 1.165) is 32.6 Å². The number of fused-ring (bicyclic) bond motifs is 1. The number of alkyl halides is 2. The average Bonchev–Trinajstić information content (AvgIpc) is 3.01. The van der Waals surface area contributed by atoms with Crippen molar-refractivity contribution in [3.05, 3.63) is 17.6 Å². The zero-order valence-electron chi connectivity index (χ0n) is 15.0. The second kappa shape index (κ2) is 5.92. The molecule has 0 aromatic carbocycles. The molecule has 6 rings (SSSR count). The van der Waals surface area contributed by atoms with E-state index in [2.05, 4.69) is 20.0 Å². The zero-order valence-corrected chi connectivity index (χ0v) is 15.0. The topological polar surface area (TPSA) is 72.6 Å². The Morgan fingerprint density at radius 1 is 1.22 bits per heavy atom. The Morgan fingerprint density at radius 3 is 2.48 bits per heavy atom. The Hall–Kier alpha value is -2.16. The molecular weight excluding hydrogens is 356 g/mol. The summed E-state index contributed by atoms with van der Waals surface area (Å²) in [5, 5.41) is 4.49. The Bertz CT molecular complexity index is 866. The van der Waals surface area contributed by atoms with Crippen LogP contribution in [0.25, 0.3) is 5.65 Å². The van der Waals surface area contributed by atoms with Crippen LogP contribution in [-0.4, -0.2) is 56.1 Å². The lowest BCUT2D eigenvalue weighted by Crippen LogP contribution is -2.63. The molecule has 0 spiro atoms. The summed E-state index contributed by atoms with van der Waals surface area (Å²) in [6.45, 7) is 0.904. The van der Waals surface area contributed by atoms with Gasteiger partial charge in [-0.1, -0.05) is 0 Å². The first-order chi connectivity index (χ1) is 12.9. The van der Waals surface area contributed by atoms with Gasteiger partial charge in [0, 0.05) is 24.6 Å². The minimum Gasteiger partial charge on any atom is -0.375 e. The highest BCUT2D eigenvalue weighted by Crippen LogP contribution is 2.44. The molecule has 2 aromatic heterocycles. The van der Waals surface area contributed by atoms with Crippen molar-refractivity contribution in [1.29, 1.82) is 0 Å². The minimum absolute atomic E-state index is 0.0924. The number of aryl methyl sites for hydroxylation is 1. The normalized spacial score (nSPS) is 29.7. The maximum absolute atomic E-state index is 13.2. The van der Waals surface area contributed by atoms with Gasteiger partial charge < -0.3 is 9.64 Å². The molecule has 144 valence electrons. The molecule has 4 fully saturated rings. The summed E-state index contributed by atoms with van der Waals surface area (Å²) in [6, 6.07) is 2.27. The third kappa shape index (κ3) is 2.97. The van der Waals surface area contributed by atoms with Crippen molar-refractivity contribution in [3.63, 3.8) is 0 Å². The molecule has 0 amide bonds. The number of carbonyl (C=O) groups excluding carboxylic acids is 1. The van der Waals surface area contributed by atoms with Gasteiger partial charge in [-0.2, -0.15) is 14.6 Å². The number of anilines is 1. The van der Waals surface area contributed by atoms with Gasteiger partial charge in [-0.3, -0.25) is 4.79 Å². The highest BCUT2D eigenvalue weighted by molar-refractivity contribution is 5.71. The number of hydrogen-bond donors (Lipinski definition) is 0. The first-order valence-corrected chi connectivity index (χ1v) is 9.43. The Kier molecular flexibility index (Phi) is 3.72. The van der Waals surface area contributed by atoms with E-state index in [-0.39, 0.29) is 18.7 Å². The summed E-state index contributed by atoms with van der Waals surface area (Å²) < 4.78 is 34.0. The standard InChI is InChI=1S/C18H21F2N5O2/c1-18(19,20)3-2-10-4-16-21-15(9-26)22-17(25(16)23-10)24-11-5-13-7-12(24)8-14(6-11)27-13/h4,9,11-14H,2-3,5-8H2,1H3. The van der Waals surface area contributed by atoms with E-state index in [1.165, 1.54) is 0 Å². The molecule has 9 heteroatoms. The number of halogens is 2. The molecule has 0 N–H and O–H groups in total. The van der Waals surface area contributed by atoms with Gasteiger partial charge in [0.2, 0.25) is 11.9 Å². The van der Waals surface area contributed by atoms with Crippen LogP contribution in [0, 0.1) is 0 Å². The fraction of sp³-hybridized carbons (Fsp3) is 0.667. The highest BCUT2D eigenvalue weighted by atomic mass is 19.3. The summed E-state index contributed by atoms with van der Waals surface area (Å²) in [5.41, 5.74) is 1.00. The molecule has 6 heterocycles. The van der Waals surface area contributed by atoms with Gasteiger partial charge in [-0.25, -0.2) is 13.8 Å². The number of nitrogens with zero attached hydrogens (tertiary/aromatic N) is 5. The second-order valence-corrected chi connectivity index (χ2v) is 8.01. The largest absolute Gasteiger partial charge is 0.375 e. The van der Waals surface area contributed by atoms with Crippen LogP contribution in [0.3, 0.4) is 0 Å². The smallest absolute Gasteiger partial charge is 0.245 e. The van der Waals surface area contributed by atoms with Gasteiger partial charge in [0.1, 0.15) is 0 Å². The van der Waals surface area contributed by atoms with Crippen LogP contribution < -0.4 is 4.90 Å². The van der Waals surface area contributed by atoms with Gasteiger partial charge in [0.25, 0.3) is 0 Å². The molecule has 4 saturated heterocycles. The molecule has 27 heavy (non-hydrogen) atoms. The zero-order chi connectivity index (χ0) is 18.8. The van der Waals surface area contributed by atoms with Crippen LogP contribution in [0.5, 0.6) is 0 Å². The molecule has 2 aromatic rings. The van der Waals surface area contributed by atoms with Crippen molar-refractivity contribution < 1.29 is 18.3 Å². The molecule has 0 aliphatic carbocycles. The van der Waals surface area contributed by atoms with Crippen molar-refractivity contribution in [3.8, 4) is 0 Å². The van der Waals surface area contributed by atoms with E-state index in [1.807, 2.05) is 0 Å². The summed E-state index contributed by atoms with van der Waals surface area (Å²) in [4.78, 5) is 22.3. The second-order valence-electron chi connectivity index (χ2n) is 8.01. The van der Waals surface area contributed by atoms with Crippen LogP contribution in [-0.2, 0) is 11.2 Å². The van der Waals surface area contributed by atoms with Gasteiger partial charge >= 0.3 is 0 Å². The molecule has 0 atom stereocenters. The third-order valence-corrected chi connectivity index (χ3v) is 5.84. The van der Waals surface area contributed by atoms with Crippen LogP contribution in [0.15, 0.2) is 6.07 Å². The number of aldehydes is 1. The van der Waals surface area contributed by atoms with E-state index >= 15 is 0 Å². The predicted octanol–water partition coefficient (Wildman–Crippen LogP) is 2.42. The number of rotatable bonds is 5. The van der Waals surface area contributed by atoms with Gasteiger partial charge in [0.05, 0.1) is 17.9 Å². The van der Waals surface area contributed by atoms with E-state index in [4.69, 9.17) is 4.74 Å². The Morgan fingerprint density at radius 2 is 1.89 bits per heavy atom. The van der Waals surface area contributed by atoms with Crippen molar-refractivity contribution in [2.45, 2.75) is 75.7 Å². The molecule has 0 radical (unpaired) electrons. The molecule has 0 saturated carbocycles. The van der Waals surface area contributed by atoms with Crippen LogP contribution >= 0.6 is 0 Å². The number of aromatic nitrogens is 4. The number of piperidine rings is 2. The third-order valence-electron chi connectivity index (χ3n) is 5.84. The molecular formula is C18H21F2N5O2. The van der Waals surface area contributed by atoms with Crippen LogP contribution in [0.4, 0.5) is 14.7 Å². The first kappa shape index (κ1) is 17.0. The maximum Gasteiger partial charge on any atom is 0.245 e. The fourth-order valence-corrected chi connectivity index (χ4v) is 4.80. The molecule has 0 unspecified atom stereocenters. The number of carbonyl (C=O) groups is 1. The lowest BCUT2D eigenvalue weighted by Gasteiger charge is -2.56. The van der Waals surface area contributed by atoms with Crippen molar-refractivity contribution in [2.24, 2.45) is 0 Å². The van der Waals surface area contributed by atoms with Crippen LogP contribution in [0.1, 0.15) is 55.3 Å². The van der Waals surface area contributed by atoms with Crippen molar-refractivity contribution in [2.75, 3.05) is 4.90 Å². The summed E-state index contributed by atoms with van der Waals surface area (Å²) >= 11 is 0. The number of ether oxygens (including phenoxy) is 1. The lowest BCUT2D eigenvalue weighted by atomic mass is 9.78. The summed E-state index contributed by atoms with van der Waals surface area (Å²) in [6.07, 6.45) is 4.82. The quantitative estimate of drug-likeness (QED) is 0.745. The average molecular weight is 377 g/mol. The molecule has 7 nitrogen and oxygen atoms in total. The Balaban J connectivity index is 1.54. The maximum atomic E-state index is 13.2. The molecule has 4 aliphatic heterocycles. The summed E-state index contributed by atoms with van der Waals surface area (Å²) in [5.74, 6) is -2.07. The van der Waals surface area contributed by atoms with Crippen molar-refractivity contribution in [1.82, 2.24) is 19.6 Å². The highest BCUT2D eigenvalue weighted by Gasteiger charge is 2.49. The van der Waals surface area contributed by atoms with Crippen molar-refractivity contribution >= 4 is 17.9 Å². The SMILES string of the molecule is CC(F)(F)CCc1cc2nc(C=O)nc(N3C4CC5CC3CC(C4)O5)n2n1. The van der Waals surface area contributed by atoms with Gasteiger partial charge in [-0.15, -0.1) is 0 Å². The minimum atomic E-state index is -2.75. The first-order valence-electron chi connectivity index (χ1n) is 9.43. The van der Waals surface area contributed by atoms with E-state index in [9.17, 15) is 13.6 Å². The lowest BCUT2D eigenvalue weighted by molar-refractivity contribution is -0.121. The van der Waals surface area contributed by atoms with Gasteiger partial charge in [0.15, 0.2) is 17.8 Å². The Labute approximate surface area is 154 Å². The fourth-order valence-electron chi connectivity index (χ4n) is 4.80. The monoisotopic (exact) mass is 377 g/mol. The molecule has 4 aliphatic rings. The summed E-state index contributed by atoms with van der Waals surface area (Å²) in [7, 11) is 0. The molecule has 4 bridgehead atoms. The van der Waals surface area contributed by atoms with E-state index in [1.54, 1.807) is 10.6 Å².